The number of aromatic nitrogens is 2. The van der Waals surface area contributed by atoms with Gasteiger partial charge in [-0.05, 0) is 20.8 Å². The second kappa shape index (κ2) is 6.24. The normalized spacial score (nSPS) is 10.6. The Hall–Kier alpha value is -1.40. The van der Waals surface area contributed by atoms with Crippen LogP contribution in [0.25, 0.3) is 0 Å². The van der Waals surface area contributed by atoms with E-state index in [1.807, 2.05) is 26.8 Å². The van der Waals surface area contributed by atoms with Crippen molar-refractivity contribution < 1.29 is 4.74 Å². The van der Waals surface area contributed by atoms with Crippen LogP contribution in [0.4, 0.5) is 11.8 Å². The summed E-state index contributed by atoms with van der Waals surface area (Å²) in [6.07, 6.45) is 0.246. The zero-order chi connectivity index (χ0) is 12.0. The van der Waals surface area contributed by atoms with Gasteiger partial charge in [-0.1, -0.05) is 0 Å². The molecule has 6 heteroatoms. The van der Waals surface area contributed by atoms with Gasteiger partial charge in [0.05, 0.1) is 12.7 Å². The quantitative estimate of drug-likeness (QED) is 0.379. The van der Waals surface area contributed by atoms with E-state index < -0.39 is 0 Å². The molecule has 90 valence electrons. The van der Waals surface area contributed by atoms with Gasteiger partial charge < -0.3 is 10.1 Å². The van der Waals surface area contributed by atoms with Crippen LogP contribution in [0.3, 0.4) is 0 Å². The minimum atomic E-state index is 0.246. The Labute approximate surface area is 95.6 Å². The van der Waals surface area contributed by atoms with E-state index in [-0.39, 0.29) is 6.10 Å². The molecule has 16 heavy (non-hydrogen) atoms. The van der Waals surface area contributed by atoms with E-state index in [2.05, 4.69) is 20.7 Å². The highest BCUT2D eigenvalue weighted by atomic mass is 16.5. The average Bonchev–Trinajstić information content (AvgIpc) is 2.23. The number of aryl methyl sites for hydroxylation is 1. The summed E-state index contributed by atoms with van der Waals surface area (Å²) in [6, 6.07) is 1.86. The SMILES string of the molecule is Cc1cc(NCCOC(C)C)nc(NN)n1. The second-order valence-electron chi connectivity index (χ2n) is 3.71. The zero-order valence-electron chi connectivity index (χ0n) is 9.95. The van der Waals surface area contributed by atoms with Crippen molar-refractivity contribution in [3.8, 4) is 0 Å². The van der Waals surface area contributed by atoms with Gasteiger partial charge in [-0.2, -0.15) is 4.98 Å². The van der Waals surface area contributed by atoms with Gasteiger partial charge in [-0.15, -0.1) is 0 Å². The number of nitrogens with one attached hydrogen (secondary N) is 2. The number of nitrogens with zero attached hydrogens (tertiary/aromatic N) is 2. The third-order valence-corrected chi connectivity index (χ3v) is 1.84. The van der Waals surface area contributed by atoms with Crippen LogP contribution in [-0.4, -0.2) is 29.2 Å². The van der Waals surface area contributed by atoms with Crippen molar-refractivity contribution in [2.24, 2.45) is 5.84 Å². The predicted molar refractivity (Wildman–Crippen MR) is 64.2 cm³/mol. The summed E-state index contributed by atoms with van der Waals surface area (Å²) in [5.74, 6) is 6.41. The number of nitrogens with two attached hydrogens (primary N) is 1. The highest BCUT2D eigenvalue weighted by Crippen LogP contribution is 2.08. The fourth-order valence-corrected chi connectivity index (χ4v) is 1.20. The van der Waals surface area contributed by atoms with Gasteiger partial charge in [0.25, 0.3) is 0 Å². The first-order valence-electron chi connectivity index (χ1n) is 5.29. The number of anilines is 2. The van der Waals surface area contributed by atoms with E-state index in [1.165, 1.54) is 0 Å². The lowest BCUT2D eigenvalue weighted by Crippen LogP contribution is -2.16. The highest BCUT2D eigenvalue weighted by Gasteiger charge is 2.00. The molecule has 0 aliphatic carbocycles. The monoisotopic (exact) mass is 225 g/mol. The maximum Gasteiger partial charge on any atom is 0.239 e. The first kappa shape index (κ1) is 12.7. The summed E-state index contributed by atoms with van der Waals surface area (Å²) in [4.78, 5) is 8.25. The van der Waals surface area contributed by atoms with Crippen molar-refractivity contribution in [3.63, 3.8) is 0 Å². The van der Waals surface area contributed by atoms with Gasteiger partial charge in [0, 0.05) is 18.3 Å². The minimum Gasteiger partial charge on any atom is -0.377 e. The Morgan fingerprint density at radius 3 is 2.81 bits per heavy atom. The molecule has 0 radical (unpaired) electrons. The molecular formula is C10H19N5O. The average molecular weight is 225 g/mol. The number of hydrogen-bond acceptors (Lipinski definition) is 6. The van der Waals surface area contributed by atoms with Gasteiger partial charge in [0.2, 0.25) is 5.95 Å². The number of hydrazine groups is 1. The molecule has 6 nitrogen and oxygen atoms in total. The summed E-state index contributed by atoms with van der Waals surface area (Å²) in [6.45, 7) is 7.25. The Kier molecular flexibility index (Phi) is 4.94. The molecule has 1 aromatic rings. The number of ether oxygens (including phenoxy) is 1. The molecular weight excluding hydrogens is 206 g/mol. The maximum absolute atomic E-state index is 5.40. The molecule has 0 aliphatic heterocycles. The lowest BCUT2D eigenvalue weighted by atomic mass is 10.4. The van der Waals surface area contributed by atoms with Crippen molar-refractivity contribution >= 4 is 11.8 Å². The van der Waals surface area contributed by atoms with E-state index in [0.29, 0.717) is 19.1 Å². The molecule has 0 fully saturated rings. The Balaban J connectivity index is 2.44. The maximum atomic E-state index is 5.40. The van der Waals surface area contributed by atoms with Crippen LogP contribution in [0.5, 0.6) is 0 Å². The molecule has 1 heterocycles. The van der Waals surface area contributed by atoms with Crippen molar-refractivity contribution in [3.05, 3.63) is 11.8 Å². The van der Waals surface area contributed by atoms with Crippen LogP contribution in [0.1, 0.15) is 19.5 Å². The van der Waals surface area contributed by atoms with E-state index in [0.717, 1.165) is 11.5 Å². The van der Waals surface area contributed by atoms with E-state index >= 15 is 0 Å². The fraction of sp³-hybridized carbons (Fsp3) is 0.600. The van der Waals surface area contributed by atoms with Crippen molar-refractivity contribution in [2.45, 2.75) is 26.9 Å². The van der Waals surface area contributed by atoms with Gasteiger partial charge in [-0.3, -0.25) is 5.43 Å². The van der Waals surface area contributed by atoms with Crippen molar-refractivity contribution in [1.82, 2.24) is 9.97 Å². The first-order valence-corrected chi connectivity index (χ1v) is 5.29. The zero-order valence-corrected chi connectivity index (χ0v) is 9.95. The highest BCUT2D eigenvalue weighted by molar-refractivity contribution is 5.41. The van der Waals surface area contributed by atoms with Crippen LogP contribution in [0.15, 0.2) is 6.07 Å². The van der Waals surface area contributed by atoms with Crippen LogP contribution in [0, 0.1) is 6.92 Å². The fourth-order valence-electron chi connectivity index (χ4n) is 1.20. The Morgan fingerprint density at radius 2 is 2.19 bits per heavy atom. The predicted octanol–water partition coefficient (Wildman–Crippen LogP) is 0.908. The Morgan fingerprint density at radius 1 is 1.44 bits per heavy atom. The van der Waals surface area contributed by atoms with Crippen molar-refractivity contribution in [1.29, 1.82) is 0 Å². The third kappa shape index (κ3) is 4.41. The standard InChI is InChI=1S/C10H19N5O/c1-7(2)16-5-4-12-9-6-8(3)13-10(14-9)15-11/h6-7H,4-5,11H2,1-3H3,(H2,12,13,14,15). The van der Waals surface area contributed by atoms with Crippen molar-refractivity contribution in [2.75, 3.05) is 23.9 Å². The second-order valence-corrected chi connectivity index (χ2v) is 3.71. The topological polar surface area (TPSA) is 85.1 Å². The smallest absolute Gasteiger partial charge is 0.239 e. The van der Waals surface area contributed by atoms with E-state index in [9.17, 15) is 0 Å². The minimum absolute atomic E-state index is 0.246. The summed E-state index contributed by atoms with van der Waals surface area (Å²) in [7, 11) is 0. The van der Waals surface area contributed by atoms with E-state index in [4.69, 9.17) is 10.6 Å². The molecule has 0 saturated heterocycles. The summed E-state index contributed by atoms with van der Waals surface area (Å²) >= 11 is 0. The molecule has 0 aliphatic rings. The molecule has 0 aromatic carbocycles. The lowest BCUT2D eigenvalue weighted by molar-refractivity contribution is 0.0870. The molecule has 0 unspecified atom stereocenters. The molecule has 0 saturated carbocycles. The molecule has 1 rings (SSSR count). The van der Waals surface area contributed by atoms with Gasteiger partial charge >= 0.3 is 0 Å². The van der Waals surface area contributed by atoms with Gasteiger partial charge in [-0.25, -0.2) is 10.8 Å². The van der Waals surface area contributed by atoms with Crippen LogP contribution < -0.4 is 16.6 Å². The summed E-state index contributed by atoms with van der Waals surface area (Å²) in [5.41, 5.74) is 3.28. The van der Waals surface area contributed by atoms with Gasteiger partial charge in [0.1, 0.15) is 5.82 Å². The lowest BCUT2D eigenvalue weighted by Gasteiger charge is -2.10. The molecule has 0 spiro atoms. The van der Waals surface area contributed by atoms with Crippen LogP contribution in [-0.2, 0) is 4.74 Å². The number of rotatable bonds is 6. The van der Waals surface area contributed by atoms with Crippen LogP contribution >= 0.6 is 0 Å². The largest absolute Gasteiger partial charge is 0.377 e. The molecule has 0 bridgehead atoms. The first-order chi connectivity index (χ1) is 7.61. The number of hydrogen-bond donors (Lipinski definition) is 3. The van der Waals surface area contributed by atoms with Gasteiger partial charge in [0.15, 0.2) is 0 Å². The molecule has 0 amide bonds. The summed E-state index contributed by atoms with van der Waals surface area (Å²) < 4.78 is 5.40. The third-order valence-electron chi connectivity index (χ3n) is 1.84. The molecule has 1 aromatic heterocycles. The summed E-state index contributed by atoms with van der Waals surface area (Å²) in [5, 5.41) is 3.14. The van der Waals surface area contributed by atoms with Crippen LogP contribution in [0.2, 0.25) is 0 Å². The van der Waals surface area contributed by atoms with E-state index in [1.54, 1.807) is 0 Å². The molecule has 0 atom stereocenters. The molecule has 4 N–H and O–H groups in total. The number of nitrogen functional groups attached to an aromatic ring is 1. The Bertz CT molecular complexity index is 329.